The van der Waals surface area contributed by atoms with E-state index in [2.05, 4.69) is 13.0 Å². The number of hydrogen-bond acceptors (Lipinski definition) is 3. The highest BCUT2D eigenvalue weighted by Crippen LogP contribution is 2.28. The second-order valence-corrected chi connectivity index (χ2v) is 6.95. The number of benzene rings is 1. The molecule has 2 aromatic heterocycles. The van der Waals surface area contributed by atoms with Gasteiger partial charge in [0.1, 0.15) is 5.82 Å². The molecule has 0 aliphatic heterocycles. The Labute approximate surface area is 124 Å². The molecule has 0 aliphatic carbocycles. The van der Waals surface area contributed by atoms with E-state index in [-0.39, 0.29) is 11.6 Å². The molecule has 0 saturated carbocycles. The molecule has 0 aliphatic rings. The first-order valence-electron chi connectivity index (χ1n) is 6.45. The van der Waals surface area contributed by atoms with Crippen LogP contribution in [0, 0.1) is 5.82 Å². The van der Waals surface area contributed by atoms with Crippen LogP contribution in [-0.4, -0.2) is 5.78 Å². The number of hydrogen-bond donors (Lipinski definition) is 0. The Morgan fingerprint density at radius 1 is 1.10 bits per heavy atom. The van der Waals surface area contributed by atoms with E-state index in [0.717, 1.165) is 21.4 Å². The summed E-state index contributed by atoms with van der Waals surface area (Å²) in [5, 5.41) is 0.804. The molecule has 0 fully saturated rings. The topological polar surface area (TPSA) is 17.1 Å². The molecule has 0 unspecified atom stereocenters. The second kappa shape index (κ2) is 5.46. The van der Waals surface area contributed by atoms with Gasteiger partial charge in [-0.25, -0.2) is 4.39 Å². The molecule has 102 valence electrons. The smallest absolute Gasteiger partial charge is 0.178 e. The zero-order valence-electron chi connectivity index (χ0n) is 11.0. The Morgan fingerprint density at radius 2 is 1.90 bits per heavy atom. The number of aryl methyl sites for hydroxylation is 1. The van der Waals surface area contributed by atoms with Crippen LogP contribution in [0.25, 0.3) is 10.1 Å². The summed E-state index contributed by atoms with van der Waals surface area (Å²) in [7, 11) is 0. The van der Waals surface area contributed by atoms with Crippen molar-refractivity contribution in [2.75, 3.05) is 0 Å². The van der Waals surface area contributed by atoms with Gasteiger partial charge in [-0.1, -0.05) is 6.92 Å². The molecule has 0 radical (unpaired) electrons. The lowest BCUT2D eigenvalue weighted by atomic mass is 10.2. The average Bonchev–Trinajstić information content (AvgIpc) is 3.04. The van der Waals surface area contributed by atoms with Gasteiger partial charge >= 0.3 is 0 Å². The van der Waals surface area contributed by atoms with Gasteiger partial charge in [0.2, 0.25) is 0 Å². The van der Waals surface area contributed by atoms with Crippen LogP contribution in [-0.2, 0) is 12.8 Å². The maximum Gasteiger partial charge on any atom is 0.178 e. The maximum atomic E-state index is 13.2. The standard InChI is InChI=1S/C16H13FOS2/c1-2-12-4-5-13(19-12)9-14(18)16-8-10-7-11(17)3-6-15(10)20-16/h3-8H,2,9H2,1H3. The number of fused-ring (bicyclic) bond motifs is 1. The summed E-state index contributed by atoms with van der Waals surface area (Å²) in [6.45, 7) is 2.11. The van der Waals surface area contributed by atoms with Crippen LogP contribution < -0.4 is 0 Å². The molecule has 3 aromatic rings. The maximum absolute atomic E-state index is 13.2. The Bertz CT molecular complexity index is 770. The summed E-state index contributed by atoms with van der Waals surface area (Å²) in [6.07, 6.45) is 1.43. The van der Waals surface area contributed by atoms with Crippen molar-refractivity contribution in [3.63, 3.8) is 0 Å². The highest BCUT2D eigenvalue weighted by molar-refractivity contribution is 7.21. The van der Waals surface area contributed by atoms with Crippen molar-refractivity contribution < 1.29 is 9.18 Å². The molecule has 2 heterocycles. The lowest BCUT2D eigenvalue weighted by Gasteiger charge is -1.94. The normalized spacial score (nSPS) is 11.1. The third-order valence-corrected chi connectivity index (χ3v) is 5.54. The van der Waals surface area contributed by atoms with Crippen molar-refractivity contribution in [1.82, 2.24) is 0 Å². The van der Waals surface area contributed by atoms with Gasteiger partial charge in [0.15, 0.2) is 5.78 Å². The summed E-state index contributed by atoms with van der Waals surface area (Å²) in [5.41, 5.74) is 0. The van der Waals surface area contributed by atoms with Gasteiger partial charge in [0.25, 0.3) is 0 Å². The van der Waals surface area contributed by atoms with Crippen molar-refractivity contribution in [3.8, 4) is 0 Å². The molecule has 0 bridgehead atoms. The molecule has 1 aromatic carbocycles. The van der Waals surface area contributed by atoms with Gasteiger partial charge in [0.05, 0.1) is 4.88 Å². The highest BCUT2D eigenvalue weighted by Gasteiger charge is 2.12. The van der Waals surface area contributed by atoms with Crippen molar-refractivity contribution in [3.05, 3.63) is 56.8 Å². The minimum atomic E-state index is -0.264. The predicted octanol–water partition coefficient (Wildman–Crippen LogP) is 5.09. The minimum Gasteiger partial charge on any atom is -0.293 e. The molecule has 4 heteroatoms. The lowest BCUT2D eigenvalue weighted by molar-refractivity contribution is 0.0997. The lowest BCUT2D eigenvalue weighted by Crippen LogP contribution is -1.98. The van der Waals surface area contributed by atoms with Gasteiger partial charge in [-0.2, -0.15) is 0 Å². The third kappa shape index (κ3) is 2.67. The summed E-state index contributed by atoms with van der Waals surface area (Å²) < 4.78 is 14.1. The van der Waals surface area contributed by atoms with Crippen LogP contribution in [0.2, 0.25) is 0 Å². The number of carbonyl (C=O) groups excluding carboxylic acids is 1. The van der Waals surface area contributed by atoms with Crippen molar-refractivity contribution in [2.45, 2.75) is 19.8 Å². The second-order valence-electron chi connectivity index (χ2n) is 4.61. The molecule has 3 rings (SSSR count). The van der Waals surface area contributed by atoms with E-state index in [1.54, 1.807) is 23.5 Å². The minimum absolute atomic E-state index is 0.108. The third-order valence-electron chi connectivity index (χ3n) is 3.15. The van der Waals surface area contributed by atoms with Crippen molar-refractivity contribution in [1.29, 1.82) is 0 Å². The zero-order chi connectivity index (χ0) is 14.1. The fraction of sp³-hybridized carbons (Fsp3) is 0.188. The summed E-state index contributed by atoms with van der Waals surface area (Å²) in [6, 6.07) is 10.5. The number of halogens is 1. The van der Waals surface area contributed by atoms with Crippen LogP contribution in [0.4, 0.5) is 4.39 Å². The van der Waals surface area contributed by atoms with Gasteiger partial charge in [0, 0.05) is 20.9 Å². The summed E-state index contributed by atoms with van der Waals surface area (Å²) in [5.74, 6) is -0.156. The first-order valence-corrected chi connectivity index (χ1v) is 8.09. The van der Waals surface area contributed by atoms with E-state index in [1.807, 2.05) is 6.07 Å². The van der Waals surface area contributed by atoms with Crippen LogP contribution in [0.3, 0.4) is 0 Å². The van der Waals surface area contributed by atoms with Gasteiger partial charge < -0.3 is 0 Å². The fourth-order valence-electron chi connectivity index (χ4n) is 2.10. The van der Waals surface area contributed by atoms with Crippen LogP contribution in [0.5, 0.6) is 0 Å². The number of thiophene rings is 2. The Morgan fingerprint density at radius 3 is 2.65 bits per heavy atom. The molecule has 0 atom stereocenters. The largest absolute Gasteiger partial charge is 0.293 e. The summed E-state index contributed by atoms with van der Waals surface area (Å²) >= 11 is 3.12. The summed E-state index contributed by atoms with van der Waals surface area (Å²) in [4.78, 5) is 15.4. The molecular formula is C16H13FOS2. The molecule has 1 nitrogen and oxygen atoms in total. The molecule has 20 heavy (non-hydrogen) atoms. The Balaban J connectivity index is 1.84. The van der Waals surface area contributed by atoms with E-state index >= 15 is 0 Å². The van der Waals surface area contributed by atoms with Crippen molar-refractivity contribution >= 4 is 38.5 Å². The molecular weight excluding hydrogens is 291 g/mol. The van der Waals surface area contributed by atoms with E-state index in [0.29, 0.717) is 11.3 Å². The van der Waals surface area contributed by atoms with Gasteiger partial charge in [-0.05, 0) is 48.2 Å². The SMILES string of the molecule is CCc1ccc(CC(=O)c2cc3cc(F)ccc3s2)s1. The Kier molecular flexibility index (Phi) is 3.68. The van der Waals surface area contributed by atoms with Crippen LogP contribution in [0.1, 0.15) is 26.3 Å². The number of ketones is 1. The van der Waals surface area contributed by atoms with E-state index in [4.69, 9.17) is 0 Å². The molecule has 0 saturated heterocycles. The monoisotopic (exact) mass is 304 g/mol. The fourth-order valence-corrected chi connectivity index (χ4v) is 4.04. The predicted molar refractivity (Wildman–Crippen MR) is 83.5 cm³/mol. The zero-order valence-corrected chi connectivity index (χ0v) is 12.6. The van der Waals surface area contributed by atoms with Crippen molar-refractivity contribution in [2.24, 2.45) is 0 Å². The number of rotatable bonds is 4. The first kappa shape index (κ1) is 13.5. The van der Waals surface area contributed by atoms with Crippen LogP contribution >= 0.6 is 22.7 Å². The van der Waals surface area contributed by atoms with E-state index < -0.39 is 0 Å². The number of Topliss-reactive ketones (excluding diaryl/α,β-unsaturated/α-hetero) is 1. The van der Waals surface area contributed by atoms with Gasteiger partial charge in [-0.15, -0.1) is 22.7 Å². The Hall–Kier alpha value is -1.52. The van der Waals surface area contributed by atoms with E-state index in [1.165, 1.54) is 28.3 Å². The van der Waals surface area contributed by atoms with E-state index in [9.17, 15) is 9.18 Å². The molecule has 0 amide bonds. The average molecular weight is 304 g/mol. The highest BCUT2D eigenvalue weighted by atomic mass is 32.1. The quantitative estimate of drug-likeness (QED) is 0.614. The number of carbonyl (C=O) groups is 1. The molecule has 0 N–H and O–H groups in total. The van der Waals surface area contributed by atoms with Crippen LogP contribution in [0.15, 0.2) is 36.4 Å². The molecule has 0 spiro atoms. The first-order chi connectivity index (χ1) is 9.65. The van der Waals surface area contributed by atoms with Gasteiger partial charge in [-0.3, -0.25) is 4.79 Å².